The van der Waals surface area contributed by atoms with E-state index in [1.807, 2.05) is 11.8 Å². The van der Waals surface area contributed by atoms with Crippen LogP contribution in [0.1, 0.15) is 25.5 Å². The van der Waals surface area contributed by atoms with Crippen LogP contribution in [-0.4, -0.2) is 45.6 Å². The fourth-order valence-corrected chi connectivity index (χ4v) is 3.64. The molecular weight excluding hydrogens is 389 g/mol. The largest absolute Gasteiger partial charge is 0.368 e. The predicted molar refractivity (Wildman–Crippen MR) is 109 cm³/mol. The molecule has 0 bridgehead atoms. The van der Waals surface area contributed by atoms with E-state index in [1.165, 1.54) is 4.68 Å². The van der Waals surface area contributed by atoms with Crippen molar-refractivity contribution in [2.45, 2.75) is 26.2 Å². The minimum Gasteiger partial charge on any atom is -0.368 e. The number of rotatable bonds is 6. The molecular formula is C20H24FN7O2. The first-order valence-corrected chi connectivity index (χ1v) is 10.0. The molecule has 1 fully saturated rings. The van der Waals surface area contributed by atoms with Crippen LogP contribution < -0.4 is 15.5 Å². The van der Waals surface area contributed by atoms with Crippen LogP contribution >= 0.6 is 0 Å². The first kappa shape index (κ1) is 19.9. The first-order valence-electron chi connectivity index (χ1n) is 10.0. The highest BCUT2D eigenvalue weighted by atomic mass is 19.1. The van der Waals surface area contributed by atoms with Gasteiger partial charge in [0.2, 0.25) is 5.95 Å². The average molecular weight is 413 g/mol. The van der Waals surface area contributed by atoms with Crippen molar-refractivity contribution in [1.29, 1.82) is 0 Å². The van der Waals surface area contributed by atoms with E-state index in [1.54, 1.807) is 36.7 Å². The molecule has 1 saturated heterocycles. The number of nitrogens with one attached hydrogen (secondary N) is 2. The van der Waals surface area contributed by atoms with E-state index < -0.39 is 5.95 Å². The SMILES string of the molecule is CCNC(=O)Nc1cc(CC2CCN(c3ccc(-n4cccn4)nc3F)CC2)on1. The van der Waals surface area contributed by atoms with Crippen LogP contribution in [0.5, 0.6) is 0 Å². The van der Waals surface area contributed by atoms with E-state index in [-0.39, 0.29) is 6.03 Å². The Balaban J connectivity index is 1.31. The van der Waals surface area contributed by atoms with E-state index in [4.69, 9.17) is 4.52 Å². The fourth-order valence-electron chi connectivity index (χ4n) is 3.64. The number of nitrogens with zero attached hydrogens (tertiary/aromatic N) is 5. The Morgan fingerprint density at radius 1 is 1.33 bits per heavy atom. The van der Waals surface area contributed by atoms with Gasteiger partial charge in [0.25, 0.3) is 0 Å². The summed E-state index contributed by atoms with van der Waals surface area (Å²) in [7, 11) is 0. The number of hydrogen-bond acceptors (Lipinski definition) is 6. The van der Waals surface area contributed by atoms with Gasteiger partial charge in [0, 0.05) is 44.5 Å². The van der Waals surface area contributed by atoms with Crippen molar-refractivity contribution < 1.29 is 13.7 Å². The molecule has 0 aliphatic carbocycles. The van der Waals surface area contributed by atoms with E-state index in [2.05, 4.69) is 25.9 Å². The Morgan fingerprint density at radius 3 is 2.87 bits per heavy atom. The lowest BCUT2D eigenvalue weighted by Crippen LogP contribution is -2.35. The minimum atomic E-state index is -0.488. The van der Waals surface area contributed by atoms with Gasteiger partial charge >= 0.3 is 6.03 Å². The van der Waals surface area contributed by atoms with E-state index in [0.29, 0.717) is 29.8 Å². The summed E-state index contributed by atoms with van der Waals surface area (Å²) in [5.41, 5.74) is 0.512. The maximum Gasteiger partial charge on any atom is 0.320 e. The summed E-state index contributed by atoms with van der Waals surface area (Å²) in [6.07, 6.45) is 5.90. The van der Waals surface area contributed by atoms with E-state index in [0.717, 1.165) is 38.1 Å². The molecule has 9 nitrogen and oxygen atoms in total. The number of hydrogen-bond donors (Lipinski definition) is 2. The standard InChI is InChI=1S/C20H24FN7O2/c1-2-22-20(29)24-17-13-15(30-26-17)12-14-6-10-27(11-7-14)16-4-5-18(25-19(16)21)28-9-3-8-23-28/h3-5,8-9,13-14H,2,6-7,10-12H2,1H3,(H2,22,24,26,29). The van der Waals surface area contributed by atoms with Crippen molar-refractivity contribution in [1.82, 2.24) is 25.2 Å². The Hall–Kier alpha value is -3.43. The van der Waals surface area contributed by atoms with E-state index >= 15 is 0 Å². The molecule has 10 heteroatoms. The van der Waals surface area contributed by atoms with Crippen LogP contribution in [-0.2, 0) is 6.42 Å². The molecule has 4 rings (SSSR count). The third-order valence-electron chi connectivity index (χ3n) is 5.14. The summed E-state index contributed by atoms with van der Waals surface area (Å²) in [6.45, 7) is 3.86. The molecule has 0 aromatic carbocycles. The summed E-state index contributed by atoms with van der Waals surface area (Å²) in [4.78, 5) is 17.6. The summed E-state index contributed by atoms with van der Waals surface area (Å²) in [5, 5.41) is 13.2. The number of halogens is 1. The monoisotopic (exact) mass is 413 g/mol. The number of carbonyl (C=O) groups excluding carboxylic acids is 1. The summed E-state index contributed by atoms with van der Waals surface area (Å²) in [5.74, 6) is 1.51. The third-order valence-corrected chi connectivity index (χ3v) is 5.14. The van der Waals surface area contributed by atoms with Gasteiger partial charge in [-0.15, -0.1) is 0 Å². The zero-order valence-electron chi connectivity index (χ0n) is 16.7. The molecule has 3 aromatic heterocycles. The molecule has 4 heterocycles. The molecule has 158 valence electrons. The number of pyridine rings is 1. The smallest absolute Gasteiger partial charge is 0.320 e. The molecule has 0 atom stereocenters. The normalized spacial score (nSPS) is 14.7. The number of aromatic nitrogens is 4. The van der Waals surface area contributed by atoms with Crippen molar-refractivity contribution in [3.63, 3.8) is 0 Å². The summed E-state index contributed by atoms with van der Waals surface area (Å²) < 4.78 is 21.5. The van der Waals surface area contributed by atoms with Crippen LogP contribution in [0.2, 0.25) is 0 Å². The molecule has 0 radical (unpaired) electrons. The summed E-state index contributed by atoms with van der Waals surface area (Å²) in [6, 6.07) is 6.75. The Labute approximate surface area is 173 Å². The number of anilines is 2. The van der Waals surface area contributed by atoms with Crippen LogP contribution in [0.25, 0.3) is 5.82 Å². The van der Waals surface area contributed by atoms with E-state index in [9.17, 15) is 9.18 Å². The second kappa shape index (κ2) is 8.93. The second-order valence-electron chi connectivity index (χ2n) is 7.23. The molecule has 1 aliphatic heterocycles. The van der Waals surface area contributed by atoms with Gasteiger partial charge in [0.05, 0.1) is 5.69 Å². The lowest BCUT2D eigenvalue weighted by atomic mass is 9.92. The predicted octanol–water partition coefficient (Wildman–Crippen LogP) is 2.99. The summed E-state index contributed by atoms with van der Waals surface area (Å²) >= 11 is 0. The Morgan fingerprint density at radius 2 is 2.17 bits per heavy atom. The third kappa shape index (κ3) is 4.58. The number of piperidine rings is 1. The van der Waals surface area contributed by atoms with Crippen LogP contribution in [0, 0.1) is 11.9 Å². The van der Waals surface area contributed by atoms with Gasteiger partial charge in [0.15, 0.2) is 11.6 Å². The maximum atomic E-state index is 14.6. The Kier molecular flexibility index (Phi) is 5.92. The van der Waals surface area contributed by atoms with Crippen LogP contribution in [0.4, 0.5) is 20.7 Å². The molecule has 2 N–H and O–H groups in total. The van der Waals surface area contributed by atoms with Crippen LogP contribution in [0.3, 0.4) is 0 Å². The molecule has 2 amide bonds. The molecule has 0 unspecified atom stereocenters. The zero-order chi connectivity index (χ0) is 20.9. The highest BCUT2D eigenvalue weighted by molar-refractivity contribution is 5.88. The quantitative estimate of drug-likeness (QED) is 0.603. The van der Waals surface area contributed by atoms with Gasteiger partial charge in [-0.3, -0.25) is 5.32 Å². The highest BCUT2D eigenvalue weighted by Gasteiger charge is 2.23. The lowest BCUT2D eigenvalue weighted by molar-refractivity contribution is 0.252. The highest BCUT2D eigenvalue weighted by Crippen LogP contribution is 2.28. The van der Waals surface area contributed by atoms with Crippen molar-refractivity contribution in [3.05, 3.63) is 48.4 Å². The molecule has 3 aromatic rings. The molecule has 30 heavy (non-hydrogen) atoms. The van der Waals surface area contributed by atoms with Crippen molar-refractivity contribution in [2.75, 3.05) is 29.9 Å². The number of urea groups is 1. The van der Waals surface area contributed by atoms with Gasteiger partial charge in [0.1, 0.15) is 5.76 Å². The zero-order valence-corrected chi connectivity index (χ0v) is 16.7. The topological polar surface area (TPSA) is 101 Å². The average Bonchev–Trinajstić information content (AvgIpc) is 3.41. The van der Waals surface area contributed by atoms with Gasteiger partial charge in [-0.1, -0.05) is 5.16 Å². The Bertz CT molecular complexity index is 981. The first-order chi connectivity index (χ1) is 14.6. The minimum absolute atomic E-state index is 0.306. The molecule has 0 spiro atoms. The number of carbonyl (C=O) groups is 1. The van der Waals surface area contributed by atoms with Crippen molar-refractivity contribution >= 4 is 17.5 Å². The molecule has 1 aliphatic rings. The van der Waals surface area contributed by atoms with Gasteiger partial charge < -0.3 is 14.7 Å². The van der Waals surface area contributed by atoms with Gasteiger partial charge in [-0.25, -0.2) is 9.48 Å². The number of amides is 2. The molecule has 0 saturated carbocycles. The van der Waals surface area contributed by atoms with Gasteiger partial charge in [-0.2, -0.15) is 14.5 Å². The van der Waals surface area contributed by atoms with Crippen LogP contribution in [0.15, 0.2) is 41.2 Å². The van der Waals surface area contributed by atoms with Gasteiger partial charge in [-0.05, 0) is 43.9 Å². The van der Waals surface area contributed by atoms with Crippen molar-refractivity contribution in [2.24, 2.45) is 5.92 Å². The van der Waals surface area contributed by atoms with Crippen molar-refractivity contribution in [3.8, 4) is 5.82 Å². The fraction of sp³-hybridized carbons (Fsp3) is 0.400. The lowest BCUT2D eigenvalue weighted by Gasteiger charge is -2.33. The maximum absolute atomic E-state index is 14.6. The second-order valence-corrected chi connectivity index (χ2v) is 7.23.